The predicted molar refractivity (Wildman–Crippen MR) is 71.5 cm³/mol. The van der Waals surface area contributed by atoms with E-state index in [1.165, 1.54) is 4.31 Å². The van der Waals surface area contributed by atoms with Crippen LogP contribution >= 0.6 is 11.6 Å². The molecule has 0 saturated carbocycles. The summed E-state index contributed by atoms with van der Waals surface area (Å²) in [6.07, 6.45) is 3.67. The van der Waals surface area contributed by atoms with E-state index in [0.29, 0.717) is 12.4 Å². The predicted octanol–water partition coefficient (Wildman–Crippen LogP) is 2.05. The molecule has 1 aliphatic heterocycles. The standard InChI is InChI=1S/C11H23ClN2O2S/c1-10(2)13(3)17(15,16)14-9-5-7-11(14)6-4-8-12/h10-11H,4-9H2,1-3H3. The van der Waals surface area contributed by atoms with Crippen molar-refractivity contribution >= 4 is 21.8 Å². The summed E-state index contributed by atoms with van der Waals surface area (Å²) in [5.74, 6) is 0.602. The third kappa shape index (κ3) is 3.56. The van der Waals surface area contributed by atoms with Crippen LogP contribution in [0.3, 0.4) is 0 Å². The molecule has 0 aromatic heterocycles. The molecular formula is C11H23ClN2O2S. The highest BCUT2D eigenvalue weighted by Crippen LogP contribution is 2.26. The Kier molecular flexibility index (Phi) is 5.70. The molecule has 0 bridgehead atoms. The van der Waals surface area contributed by atoms with Gasteiger partial charge in [-0.2, -0.15) is 17.0 Å². The molecule has 1 saturated heterocycles. The number of hydrogen-bond acceptors (Lipinski definition) is 2. The molecular weight excluding hydrogens is 260 g/mol. The quantitative estimate of drug-likeness (QED) is 0.700. The second-order valence-corrected chi connectivity index (χ2v) is 7.17. The number of nitrogens with zero attached hydrogens (tertiary/aromatic N) is 2. The van der Waals surface area contributed by atoms with Gasteiger partial charge < -0.3 is 0 Å². The van der Waals surface area contributed by atoms with Gasteiger partial charge in [0.15, 0.2) is 0 Å². The molecule has 1 aliphatic rings. The summed E-state index contributed by atoms with van der Waals surface area (Å²) in [6.45, 7) is 4.43. The summed E-state index contributed by atoms with van der Waals surface area (Å²) in [5, 5.41) is 0. The maximum absolute atomic E-state index is 12.4. The summed E-state index contributed by atoms with van der Waals surface area (Å²) >= 11 is 5.68. The zero-order valence-electron chi connectivity index (χ0n) is 10.9. The van der Waals surface area contributed by atoms with E-state index in [1.807, 2.05) is 13.8 Å². The van der Waals surface area contributed by atoms with Crippen molar-refractivity contribution in [1.82, 2.24) is 8.61 Å². The molecule has 0 spiro atoms. The van der Waals surface area contributed by atoms with Gasteiger partial charge in [-0.1, -0.05) is 0 Å². The molecule has 1 heterocycles. The second kappa shape index (κ2) is 6.36. The highest BCUT2D eigenvalue weighted by Gasteiger charge is 2.36. The molecule has 6 heteroatoms. The van der Waals surface area contributed by atoms with Crippen LogP contribution in [0, 0.1) is 0 Å². The highest BCUT2D eigenvalue weighted by molar-refractivity contribution is 7.86. The Bertz CT molecular complexity index is 332. The zero-order valence-corrected chi connectivity index (χ0v) is 12.5. The number of alkyl halides is 1. The first-order valence-corrected chi connectivity index (χ1v) is 8.15. The van der Waals surface area contributed by atoms with Crippen LogP contribution < -0.4 is 0 Å². The van der Waals surface area contributed by atoms with Gasteiger partial charge in [-0.3, -0.25) is 0 Å². The Morgan fingerprint density at radius 1 is 1.47 bits per heavy atom. The molecule has 1 rings (SSSR count). The first-order chi connectivity index (χ1) is 7.91. The van der Waals surface area contributed by atoms with Gasteiger partial charge in [-0.05, 0) is 39.5 Å². The van der Waals surface area contributed by atoms with E-state index in [0.717, 1.165) is 25.7 Å². The lowest BCUT2D eigenvalue weighted by atomic mass is 10.1. The minimum Gasteiger partial charge on any atom is -0.195 e. The Hall–Kier alpha value is 0.160. The van der Waals surface area contributed by atoms with E-state index in [9.17, 15) is 8.42 Å². The van der Waals surface area contributed by atoms with Crippen molar-refractivity contribution in [2.45, 2.75) is 51.6 Å². The van der Waals surface area contributed by atoms with E-state index in [2.05, 4.69) is 0 Å². The maximum atomic E-state index is 12.4. The first kappa shape index (κ1) is 15.2. The van der Waals surface area contributed by atoms with Crippen molar-refractivity contribution < 1.29 is 8.42 Å². The summed E-state index contributed by atoms with van der Waals surface area (Å²) < 4.78 is 27.8. The van der Waals surface area contributed by atoms with Gasteiger partial charge in [0.1, 0.15) is 0 Å². The Morgan fingerprint density at radius 3 is 2.65 bits per heavy atom. The van der Waals surface area contributed by atoms with Crippen molar-refractivity contribution in [3.8, 4) is 0 Å². The third-order valence-electron chi connectivity index (χ3n) is 3.38. The van der Waals surface area contributed by atoms with Crippen LogP contribution in [0.2, 0.25) is 0 Å². The third-order valence-corrected chi connectivity index (χ3v) is 5.87. The second-order valence-electron chi connectivity index (χ2n) is 4.86. The molecule has 0 aliphatic carbocycles. The fourth-order valence-corrected chi connectivity index (χ4v) is 4.11. The lowest BCUT2D eigenvalue weighted by Gasteiger charge is -2.30. The monoisotopic (exact) mass is 282 g/mol. The number of rotatable bonds is 6. The van der Waals surface area contributed by atoms with Gasteiger partial charge >= 0.3 is 0 Å². The van der Waals surface area contributed by atoms with Crippen molar-refractivity contribution in [1.29, 1.82) is 0 Å². The van der Waals surface area contributed by atoms with Crippen molar-refractivity contribution in [2.24, 2.45) is 0 Å². The average molecular weight is 283 g/mol. The van der Waals surface area contributed by atoms with Crippen LogP contribution in [0.5, 0.6) is 0 Å². The van der Waals surface area contributed by atoms with Gasteiger partial charge in [0.05, 0.1) is 0 Å². The normalized spacial score (nSPS) is 22.8. The fraction of sp³-hybridized carbons (Fsp3) is 1.00. The largest absolute Gasteiger partial charge is 0.282 e. The highest BCUT2D eigenvalue weighted by atomic mass is 35.5. The van der Waals surface area contributed by atoms with E-state index in [4.69, 9.17) is 11.6 Å². The molecule has 102 valence electrons. The molecule has 1 unspecified atom stereocenters. The molecule has 0 radical (unpaired) electrons. The van der Waals surface area contributed by atoms with Crippen LogP contribution in [0.25, 0.3) is 0 Å². The molecule has 0 aromatic rings. The molecule has 17 heavy (non-hydrogen) atoms. The fourth-order valence-electron chi connectivity index (χ4n) is 2.15. The van der Waals surface area contributed by atoms with Crippen LogP contribution in [0.1, 0.15) is 39.5 Å². The summed E-state index contributed by atoms with van der Waals surface area (Å²) in [6, 6.07) is 0.134. The first-order valence-electron chi connectivity index (χ1n) is 6.22. The summed E-state index contributed by atoms with van der Waals surface area (Å²) in [5.41, 5.74) is 0. The van der Waals surface area contributed by atoms with Gasteiger partial charge in [0.25, 0.3) is 10.2 Å². The van der Waals surface area contributed by atoms with E-state index in [1.54, 1.807) is 11.4 Å². The number of hydrogen-bond donors (Lipinski definition) is 0. The Labute approximate surface area is 110 Å². The van der Waals surface area contributed by atoms with Crippen molar-refractivity contribution in [2.75, 3.05) is 19.5 Å². The summed E-state index contributed by atoms with van der Waals surface area (Å²) in [4.78, 5) is 0. The minimum absolute atomic E-state index is 0.00530. The lowest BCUT2D eigenvalue weighted by Crippen LogP contribution is -2.46. The number of halogens is 1. The van der Waals surface area contributed by atoms with Crippen LogP contribution in [0.15, 0.2) is 0 Å². The Balaban J connectivity index is 2.76. The van der Waals surface area contributed by atoms with Crippen LogP contribution in [-0.4, -0.2) is 48.6 Å². The van der Waals surface area contributed by atoms with Gasteiger partial charge in [-0.15, -0.1) is 11.6 Å². The van der Waals surface area contributed by atoms with Crippen LogP contribution in [-0.2, 0) is 10.2 Å². The molecule has 1 fully saturated rings. The van der Waals surface area contributed by atoms with Crippen molar-refractivity contribution in [3.05, 3.63) is 0 Å². The zero-order chi connectivity index (χ0) is 13.1. The SMILES string of the molecule is CC(C)N(C)S(=O)(=O)N1CCCC1CCCCl. The summed E-state index contributed by atoms with van der Waals surface area (Å²) in [7, 11) is -1.64. The molecule has 4 nitrogen and oxygen atoms in total. The Morgan fingerprint density at radius 2 is 2.12 bits per heavy atom. The molecule has 0 aromatic carbocycles. The maximum Gasteiger partial charge on any atom is 0.282 e. The van der Waals surface area contributed by atoms with Gasteiger partial charge in [0.2, 0.25) is 0 Å². The van der Waals surface area contributed by atoms with Gasteiger partial charge in [0, 0.05) is 31.6 Å². The van der Waals surface area contributed by atoms with Gasteiger partial charge in [-0.25, -0.2) is 0 Å². The van der Waals surface area contributed by atoms with E-state index in [-0.39, 0.29) is 12.1 Å². The van der Waals surface area contributed by atoms with E-state index >= 15 is 0 Å². The molecule has 0 N–H and O–H groups in total. The lowest BCUT2D eigenvalue weighted by molar-refractivity contribution is 0.313. The minimum atomic E-state index is -3.29. The average Bonchev–Trinajstić information content (AvgIpc) is 2.73. The smallest absolute Gasteiger partial charge is 0.195 e. The van der Waals surface area contributed by atoms with Crippen LogP contribution in [0.4, 0.5) is 0 Å². The van der Waals surface area contributed by atoms with Crippen molar-refractivity contribution in [3.63, 3.8) is 0 Å². The van der Waals surface area contributed by atoms with E-state index < -0.39 is 10.2 Å². The topological polar surface area (TPSA) is 40.6 Å². The molecule has 0 amide bonds. The molecule has 1 atom stereocenters.